The lowest BCUT2D eigenvalue weighted by atomic mass is 10.2. The van der Waals surface area contributed by atoms with Crippen LogP contribution in [0.3, 0.4) is 0 Å². The van der Waals surface area contributed by atoms with Gasteiger partial charge in [-0.1, -0.05) is 25.2 Å². The molecular weight excluding hydrogens is 128 g/mol. The van der Waals surface area contributed by atoms with Gasteiger partial charge in [0.1, 0.15) is 0 Å². The normalized spacial score (nSPS) is 12.4. The maximum Gasteiger partial charge on any atom is 0.335 e. The van der Waals surface area contributed by atoms with Crippen LogP contribution in [0.1, 0.15) is 20.3 Å². The SMILES string of the molecule is CC=CC(=CCC)C(=O)O. The van der Waals surface area contributed by atoms with Gasteiger partial charge < -0.3 is 5.11 Å². The lowest BCUT2D eigenvalue weighted by Gasteiger charge is -1.90. The van der Waals surface area contributed by atoms with Crippen LogP contribution < -0.4 is 0 Å². The third kappa shape index (κ3) is 3.07. The highest BCUT2D eigenvalue weighted by Crippen LogP contribution is 1.98. The Kier molecular flexibility index (Phi) is 4.29. The van der Waals surface area contributed by atoms with Crippen molar-refractivity contribution < 1.29 is 9.90 Å². The molecule has 0 atom stereocenters. The Labute approximate surface area is 60.9 Å². The summed E-state index contributed by atoms with van der Waals surface area (Å²) in [4.78, 5) is 10.4. The van der Waals surface area contributed by atoms with Gasteiger partial charge in [-0.15, -0.1) is 0 Å². The van der Waals surface area contributed by atoms with Crippen LogP contribution in [-0.2, 0) is 4.79 Å². The maximum atomic E-state index is 10.4. The number of allylic oxidation sites excluding steroid dienone is 2. The summed E-state index contributed by atoms with van der Waals surface area (Å²) in [6.45, 7) is 3.71. The van der Waals surface area contributed by atoms with E-state index in [0.29, 0.717) is 5.57 Å². The van der Waals surface area contributed by atoms with Crippen LogP contribution in [0.15, 0.2) is 23.8 Å². The van der Waals surface area contributed by atoms with Gasteiger partial charge in [0.2, 0.25) is 0 Å². The molecule has 0 saturated heterocycles. The van der Waals surface area contributed by atoms with Crippen molar-refractivity contribution in [3.05, 3.63) is 23.8 Å². The molecule has 0 saturated carbocycles. The predicted octanol–water partition coefficient (Wildman–Crippen LogP) is 1.98. The number of carboxylic acid groups (broad SMARTS) is 1. The molecule has 0 unspecified atom stereocenters. The van der Waals surface area contributed by atoms with Crippen LogP contribution in [0.5, 0.6) is 0 Å². The minimum absolute atomic E-state index is 0.366. The molecule has 0 fully saturated rings. The molecule has 10 heavy (non-hydrogen) atoms. The van der Waals surface area contributed by atoms with E-state index < -0.39 is 5.97 Å². The first-order valence-corrected chi connectivity index (χ1v) is 3.28. The summed E-state index contributed by atoms with van der Waals surface area (Å²) in [5.41, 5.74) is 0.366. The Morgan fingerprint density at radius 3 is 2.50 bits per heavy atom. The zero-order valence-corrected chi connectivity index (χ0v) is 6.29. The van der Waals surface area contributed by atoms with Gasteiger partial charge in [-0.3, -0.25) is 0 Å². The van der Waals surface area contributed by atoms with E-state index in [0.717, 1.165) is 6.42 Å². The minimum Gasteiger partial charge on any atom is -0.478 e. The summed E-state index contributed by atoms with van der Waals surface area (Å²) in [6, 6.07) is 0. The maximum absolute atomic E-state index is 10.4. The third-order valence-corrected chi connectivity index (χ3v) is 1.02. The van der Waals surface area contributed by atoms with E-state index in [4.69, 9.17) is 5.11 Å². The van der Waals surface area contributed by atoms with Crippen molar-refractivity contribution in [1.29, 1.82) is 0 Å². The molecule has 0 heterocycles. The highest BCUT2D eigenvalue weighted by atomic mass is 16.4. The summed E-state index contributed by atoms with van der Waals surface area (Å²) < 4.78 is 0. The zero-order valence-electron chi connectivity index (χ0n) is 6.29. The first kappa shape index (κ1) is 8.95. The third-order valence-electron chi connectivity index (χ3n) is 1.02. The smallest absolute Gasteiger partial charge is 0.335 e. The van der Waals surface area contributed by atoms with Crippen molar-refractivity contribution >= 4 is 5.97 Å². The van der Waals surface area contributed by atoms with Crippen LogP contribution in [0.2, 0.25) is 0 Å². The number of carboxylic acids is 1. The van der Waals surface area contributed by atoms with Gasteiger partial charge in [0, 0.05) is 0 Å². The van der Waals surface area contributed by atoms with E-state index in [1.165, 1.54) is 0 Å². The fourth-order valence-corrected chi connectivity index (χ4v) is 0.626. The van der Waals surface area contributed by atoms with Crippen LogP contribution in [0, 0.1) is 0 Å². The second kappa shape index (κ2) is 4.79. The summed E-state index contributed by atoms with van der Waals surface area (Å²) in [5, 5.41) is 8.52. The van der Waals surface area contributed by atoms with Crippen LogP contribution in [0.25, 0.3) is 0 Å². The van der Waals surface area contributed by atoms with E-state index in [1.807, 2.05) is 6.92 Å². The van der Waals surface area contributed by atoms with Crippen molar-refractivity contribution in [2.24, 2.45) is 0 Å². The number of hydrogen-bond donors (Lipinski definition) is 1. The minimum atomic E-state index is -0.861. The van der Waals surface area contributed by atoms with Crippen molar-refractivity contribution in [2.45, 2.75) is 20.3 Å². The van der Waals surface area contributed by atoms with E-state index in [1.54, 1.807) is 25.2 Å². The fraction of sp³-hybridized carbons (Fsp3) is 0.375. The van der Waals surface area contributed by atoms with E-state index in [9.17, 15) is 4.79 Å². The van der Waals surface area contributed by atoms with Gasteiger partial charge in [0.15, 0.2) is 0 Å². The average molecular weight is 140 g/mol. The summed E-state index contributed by atoms with van der Waals surface area (Å²) in [5.74, 6) is -0.861. The number of aliphatic carboxylic acids is 1. The molecular formula is C8H12O2. The van der Waals surface area contributed by atoms with Gasteiger partial charge in [-0.2, -0.15) is 0 Å². The van der Waals surface area contributed by atoms with Crippen LogP contribution in [-0.4, -0.2) is 11.1 Å². The van der Waals surface area contributed by atoms with Gasteiger partial charge in [-0.05, 0) is 13.3 Å². The lowest BCUT2D eigenvalue weighted by Crippen LogP contribution is -1.96. The van der Waals surface area contributed by atoms with Crippen molar-refractivity contribution in [3.8, 4) is 0 Å². The Balaban J connectivity index is 4.26. The molecule has 0 aliphatic carbocycles. The topological polar surface area (TPSA) is 37.3 Å². The molecule has 56 valence electrons. The Hall–Kier alpha value is -1.05. The summed E-state index contributed by atoms with van der Waals surface area (Å²) in [6.07, 6.45) is 5.75. The van der Waals surface area contributed by atoms with Crippen LogP contribution in [0.4, 0.5) is 0 Å². The summed E-state index contributed by atoms with van der Waals surface area (Å²) in [7, 11) is 0. The molecule has 0 aromatic heterocycles. The molecule has 0 aromatic rings. The van der Waals surface area contributed by atoms with Crippen molar-refractivity contribution in [1.82, 2.24) is 0 Å². The van der Waals surface area contributed by atoms with Gasteiger partial charge >= 0.3 is 5.97 Å². The van der Waals surface area contributed by atoms with Gasteiger partial charge in [-0.25, -0.2) is 4.79 Å². The molecule has 0 aliphatic rings. The lowest BCUT2D eigenvalue weighted by molar-refractivity contribution is -0.132. The summed E-state index contributed by atoms with van der Waals surface area (Å²) >= 11 is 0. The predicted molar refractivity (Wildman–Crippen MR) is 40.8 cm³/mol. The van der Waals surface area contributed by atoms with E-state index in [-0.39, 0.29) is 0 Å². The van der Waals surface area contributed by atoms with Gasteiger partial charge in [0.25, 0.3) is 0 Å². The highest BCUT2D eigenvalue weighted by Gasteiger charge is 1.99. The molecule has 2 heteroatoms. The van der Waals surface area contributed by atoms with E-state index in [2.05, 4.69) is 0 Å². The molecule has 0 spiro atoms. The second-order valence-corrected chi connectivity index (χ2v) is 1.87. The van der Waals surface area contributed by atoms with E-state index >= 15 is 0 Å². The van der Waals surface area contributed by atoms with Crippen molar-refractivity contribution in [3.63, 3.8) is 0 Å². The zero-order chi connectivity index (χ0) is 7.98. The molecule has 2 nitrogen and oxygen atoms in total. The second-order valence-electron chi connectivity index (χ2n) is 1.87. The molecule has 0 amide bonds. The Bertz CT molecular complexity index is 166. The largest absolute Gasteiger partial charge is 0.478 e. The number of carbonyl (C=O) groups is 1. The molecule has 0 radical (unpaired) electrons. The Morgan fingerprint density at radius 1 is 1.60 bits per heavy atom. The Morgan fingerprint density at radius 2 is 2.20 bits per heavy atom. The first-order valence-electron chi connectivity index (χ1n) is 3.28. The molecule has 0 bridgehead atoms. The standard InChI is InChI=1S/C8H12O2/c1-3-5-7(6-4-2)8(9)10/h3,5-6H,4H2,1-2H3,(H,9,10). The number of hydrogen-bond acceptors (Lipinski definition) is 1. The fourth-order valence-electron chi connectivity index (χ4n) is 0.626. The quantitative estimate of drug-likeness (QED) is 0.480. The molecule has 0 aliphatic heterocycles. The average Bonchev–Trinajstić information content (AvgIpc) is 1.87. The van der Waals surface area contributed by atoms with Crippen LogP contribution >= 0.6 is 0 Å². The number of rotatable bonds is 3. The van der Waals surface area contributed by atoms with Gasteiger partial charge in [0.05, 0.1) is 5.57 Å². The first-order chi connectivity index (χ1) is 4.72. The molecule has 1 N–H and O–H groups in total. The van der Waals surface area contributed by atoms with Crippen molar-refractivity contribution in [2.75, 3.05) is 0 Å². The monoisotopic (exact) mass is 140 g/mol. The highest BCUT2D eigenvalue weighted by molar-refractivity contribution is 5.89. The molecule has 0 rings (SSSR count). The molecule has 0 aromatic carbocycles.